The summed E-state index contributed by atoms with van der Waals surface area (Å²) >= 11 is 0. The Balaban J connectivity index is 1.63. The van der Waals surface area contributed by atoms with Crippen molar-refractivity contribution in [3.8, 4) is 22.8 Å². The second-order valence-corrected chi connectivity index (χ2v) is 7.53. The van der Waals surface area contributed by atoms with E-state index in [9.17, 15) is 9.59 Å². The van der Waals surface area contributed by atoms with E-state index < -0.39 is 5.97 Å². The first-order chi connectivity index (χ1) is 16.0. The fourth-order valence-electron chi connectivity index (χ4n) is 3.49. The number of nitrogens with zero attached hydrogens (tertiary/aromatic N) is 1. The van der Waals surface area contributed by atoms with Crippen molar-refractivity contribution in [2.75, 3.05) is 20.8 Å². The highest BCUT2D eigenvalue weighted by Gasteiger charge is 2.18. The smallest absolute Gasteiger partial charge is 0.339 e. The molecule has 0 spiro atoms. The van der Waals surface area contributed by atoms with Crippen LogP contribution in [0.15, 0.2) is 72.8 Å². The van der Waals surface area contributed by atoms with Crippen molar-refractivity contribution < 1.29 is 23.8 Å². The molecule has 1 heterocycles. The van der Waals surface area contributed by atoms with Gasteiger partial charge >= 0.3 is 5.97 Å². The fourth-order valence-corrected chi connectivity index (χ4v) is 3.49. The molecular weight excluding hydrogens is 418 g/mol. The van der Waals surface area contributed by atoms with Crippen LogP contribution in [0.1, 0.15) is 26.3 Å². The van der Waals surface area contributed by atoms with E-state index in [1.807, 2.05) is 49.4 Å². The number of esters is 1. The van der Waals surface area contributed by atoms with Crippen LogP contribution in [0.5, 0.6) is 11.5 Å². The topological polar surface area (TPSA) is 74.7 Å². The van der Waals surface area contributed by atoms with Gasteiger partial charge in [0.25, 0.3) is 0 Å². The zero-order chi connectivity index (χ0) is 23.4. The van der Waals surface area contributed by atoms with Crippen LogP contribution in [-0.2, 0) is 4.74 Å². The number of carbonyl (C=O) groups excluding carboxylic acids is 2. The molecule has 0 saturated carbocycles. The molecule has 6 nitrogen and oxygen atoms in total. The third-order valence-corrected chi connectivity index (χ3v) is 5.32. The lowest BCUT2D eigenvalue weighted by Gasteiger charge is -2.11. The second kappa shape index (κ2) is 9.53. The molecule has 4 aromatic rings. The first-order valence-electron chi connectivity index (χ1n) is 10.4. The van der Waals surface area contributed by atoms with Gasteiger partial charge in [0.05, 0.1) is 31.0 Å². The van der Waals surface area contributed by atoms with Crippen molar-refractivity contribution in [2.45, 2.75) is 6.92 Å². The van der Waals surface area contributed by atoms with Gasteiger partial charge < -0.3 is 14.2 Å². The van der Waals surface area contributed by atoms with Gasteiger partial charge in [-0.2, -0.15) is 0 Å². The number of carbonyl (C=O) groups is 2. The highest BCUT2D eigenvalue weighted by atomic mass is 16.5. The molecule has 3 aromatic carbocycles. The van der Waals surface area contributed by atoms with E-state index in [0.717, 1.165) is 16.9 Å². The third-order valence-electron chi connectivity index (χ3n) is 5.32. The van der Waals surface area contributed by atoms with Crippen molar-refractivity contribution in [1.29, 1.82) is 0 Å². The zero-order valence-electron chi connectivity index (χ0n) is 18.6. The number of aryl methyl sites for hydroxylation is 1. The van der Waals surface area contributed by atoms with Gasteiger partial charge in [-0.05, 0) is 73.7 Å². The number of rotatable bonds is 7. The molecule has 0 fully saturated rings. The van der Waals surface area contributed by atoms with Gasteiger partial charge in [0.15, 0.2) is 12.4 Å². The number of benzene rings is 3. The van der Waals surface area contributed by atoms with Crippen LogP contribution in [0.25, 0.3) is 22.2 Å². The van der Waals surface area contributed by atoms with Crippen LogP contribution in [0.2, 0.25) is 0 Å². The van der Waals surface area contributed by atoms with Crippen molar-refractivity contribution >= 4 is 22.7 Å². The summed E-state index contributed by atoms with van der Waals surface area (Å²) in [4.78, 5) is 30.3. The summed E-state index contributed by atoms with van der Waals surface area (Å²) < 4.78 is 15.7. The summed E-state index contributed by atoms with van der Waals surface area (Å²) in [5, 5.41) is 0.675. The number of ketones is 1. The maximum atomic E-state index is 13.0. The number of fused-ring (bicyclic) bond motifs is 1. The molecule has 0 aliphatic carbocycles. The van der Waals surface area contributed by atoms with Crippen LogP contribution < -0.4 is 9.47 Å². The maximum absolute atomic E-state index is 13.0. The molecule has 0 amide bonds. The minimum Gasteiger partial charge on any atom is -0.497 e. The van der Waals surface area contributed by atoms with Crippen LogP contribution in [0, 0.1) is 6.92 Å². The minimum atomic E-state index is -0.579. The molecule has 166 valence electrons. The van der Waals surface area contributed by atoms with Gasteiger partial charge in [-0.25, -0.2) is 9.78 Å². The molecule has 6 heteroatoms. The van der Waals surface area contributed by atoms with Crippen molar-refractivity contribution in [2.24, 2.45) is 0 Å². The summed E-state index contributed by atoms with van der Waals surface area (Å²) in [5.41, 5.74) is 3.92. The predicted octanol–water partition coefficient (Wildman–Crippen LogP) is 5.27. The van der Waals surface area contributed by atoms with E-state index in [-0.39, 0.29) is 12.4 Å². The summed E-state index contributed by atoms with van der Waals surface area (Å²) in [6, 6.07) is 21.5. The Labute approximate surface area is 191 Å². The van der Waals surface area contributed by atoms with Gasteiger partial charge in [0.2, 0.25) is 0 Å². The molecule has 0 aliphatic heterocycles. The van der Waals surface area contributed by atoms with Gasteiger partial charge in [0, 0.05) is 16.5 Å². The number of methoxy groups -OCH3 is 2. The number of hydrogen-bond donors (Lipinski definition) is 0. The Hall–Kier alpha value is -4.19. The van der Waals surface area contributed by atoms with Crippen molar-refractivity contribution in [3.63, 3.8) is 0 Å². The Bertz CT molecular complexity index is 1310. The molecule has 33 heavy (non-hydrogen) atoms. The Morgan fingerprint density at radius 1 is 0.818 bits per heavy atom. The van der Waals surface area contributed by atoms with Gasteiger partial charge in [-0.1, -0.05) is 11.6 Å². The lowest BCUT2D eigenvalue weighted by molar-refractivity contribution is 0.0476. The molecule has 0 unspecified atom stereocenters. The number of hydrogen-bond acceptors (Lipinski definition) is 6. The highest BCUT2D eigenvalue weighted by Crippen LogP contribution is 2.27. The molecule has 0 radical (unpaired) electrons. The normalized spacial score (nSPS) is 10.6. The summed E-state index contributed by atoms with van der Waals surface area (Å²) in [7, 11) is 3.16. The number of pyridine rings is 1. The van der Waals surface area contributed by atoms with Gasteiger partial charge in [0.1, 0.15) is 11.5 Å². The lowest BCUT2D eigenvalue weighted by atomic mass is 10.0. The molecular formula is C27H23NO5. The molecule has 0 bridgehead atoms. The van der Waals surface area contributed by atoms with E-state index >= 15 is 0 Å². The van der Waals surface area contributed by atoms with Crippen LogP contribution in [0.4, 0.5) is 0 Å². The monoisotopic (exact) mass is 441 g/mol. The first-order valence-corrected chi connectivity index (χ1v) is 10.4. The van der Waals surface area contributed by atoms with Gasteiger partial charge in [-0.3, -0.25) is 4.79 Å². The van der Waals surface area contributed by atoms with Crippen LogP contribution in [0.3, 0.4) is 0 Å². The Kier molecular flexibility index (Phi) is 6.36. The van der Waals surface area contributed by atoms with Crippen molar-refractivity contribution in [3.05, 3.63) is 89.5 Å². The number of aromatic nitrogens is 1. The van der Waals surface area contributed by atoms with E-state index in [1.54, 1.807) is 44.6 Å². The largest absolute Gasteiger partial charge is 0.497 e. The average molecular weight is 441 g/mol. The molecule has 0 saturated heterocycles. The Morgan fingerprint density at radius 3 is 2.09 bits per heavy atom. The molecule has 4 rings (SSSR count). The van der Waals surface area contributed by atoms with E-state index in [0.29, 0.717) is 33.5 Å². The van der Waals surface area contributed by atoms with Gasteiger partial charge in [-0.15, -0.1) is 0 Å². The van der Waals surface area contributed by atoms with Crippen LogP contribution >= 0.6 is 0 Å². The van der Waals surface area contributed by atoms with E-state index in [4.69, 9.17) is 19.2 Å². The van der Waals surface area contributed by atoms with Crippen molar-refractivity contribution in [1.82, 2.24) is 4.98 Å². The SMILES string of the molecule is COc1ccc(C(=O)COC(=O)c2cc(-c3ccc(OC)cc3)nc3ccc(C)cc23)cc1. The highest BCUT2D eigenvalue weighted by molar-refractivity contribution is 6.06. The quantitative estimate of drug-likeness (QED) is 0.287. The molecule has 0 aliphatic rings. The molecule has 0 N–H and O–H groups in total. The lowest BCUT2D eigenvalue weighted by Crippen LogP contribution is -2.15. The zero-order valence-corrected chi connectivity index (χ0v) is 18.6. The standard InChI is InChI=1S/C27H23NO5/c1-17-4-13-24-22(14-17)23(15-25(28-24)18-5-9-20(31-2)10-6-18)27(30)33-16-26(29)19-7-11-21(32-3)12-8-19/h4-15H,16H2,1-3H3. The minimum absolute atomic E-state index is 0.295. The van der Waals surface area contributed by atoms with E-state index in [2.05, 4.69) is 0 Å². The average Bonchev–Trinajstić information content (AvgIpc) is 2.86. The molecule has 1 aromatic heterocycles. The summed E-state index contributed by atoms with van der Waals surface area (Å²) in [6.07, 6.45) is 0. The molecule has 0 atom stereocenters. The van der Waals surface area contributed by atoms with Crippen LogP contribution in [-0.4, -0.2) is 37.6 Å². The van der Waals surface area contributed by atoms with E-state index in [1.165, 1.54) is 0 Å². The number of ether oxygens (including phenoxy) is 3. The number of Topliss-reactive ketones (excluding diaryl/α,β-unsaturated/α-hetero) is 1. The predicted molar refractivity (Wildman–Crippen MR) is 126 cm³/mol. The summed E-state index contributed by atoms with van der Waals surface area (Å²) in [6.45, 7) is 1.58. The third kappa shape index (κ3) is 4.85. The fraction of sp³-hybridized carbons (Fsp3) is 0.148. The Morgan fingerprint density at radius 2 is 1.45 bits per heavy atom. The summed E-state index contributed by atoms with van der Waals surface area (Å²) in [5.74, 6) is 0.501. The maximum Gasteiger partial charge on any atom is 0.339 e. The second-order valence-electron chi connectivity index (χ2n) is 7.53. The first kappa shape index (κ1) is 22.0.